The number of urea groups is 1. The van der Waals surface area contributed by atoms with Crippen molar-refractivity contribution in [2.75, 3.05) is 13.1 Å². The van der Waals surface area contributed by atoms with E-state index in [1.165, 1.54) is 24.2 Å². The summed E-state index contributed by atoms with van der Waals surface area (Å²) in [5.74, 6) is -0.972. The van der Waals surface area contributed by atoms with E-state index in [0.717, 1.165) is 42.4 Å². The van der Waals surface area contributed by atoms with Gasteiger partial charge in [-0.2, -0.15) is 0 Å². The number of carbonyl (C=O) groups excluding carboxylic acids is 1. The molecular formula is C15H20N2O3S. The maximum atomic E-state index is 12.1. The number of nitrogens with one attached hydrogen (secondary N) is 1. The van der Waals surface area contributed by atoms with Crippen LogP contribution in [0.15, 0.2) is 17.5 Å². The summed E-state index contributed by atoms with van der Waals surface area (Å²) in [5, 5.41) is 13.5. The molecule has 0 aromatic carbocycles. The van der Waals surface area contributed by atoms with Crippen molar-refractivity contribution in [3.63, 3.8) is 0 Å². The Labute approximate surface area is 128 Å². The number of aliphatic carboxylic acids is 1. The number of rotatable bonds is 4. The molecule has 0 atom stereocenters. The smallest absolute Gasteiger partial charge is 0.328 e. The third kappa shape index (κ3) is 4.90. The first-order valence-corrected chi connectivity index (χ1v) is 8.05. The average molecular weight is 308 g/mol. The summed E-state index contributed by atoms with van der Waals surface area (Å²) in [6, 6.07) is 1.83. The molecular weight excluding hydrogens is 288 g/mol. The molecule has 1 fully saturated rings. The zero-order valence-corrected chi connectivity index (χ0v) is 12.7. The van der Waals surface area contributed by atoms with Gasteiger partial charge in [-0.25, -0.2) is 9.59 Å². The second-order valence-corrected chi connectivity index (χ2v) is 6.03. The Morgan fingerprint density at radius 3 is 2.67 bits per heavy atom. The minimum Gasteiger partial charge on any atom is -0.478 e. The fourth-order valence-corrected chi connectivity index (χ4v) is 3.15. The molecule has 1 aliphatic heterocycles. The summed E-state index contributed by atoms with van der Waals surface area (Å²) < 4.78 is 0. The van der Waals surface area contributed by atoms with Gasteiger partial charge in [-0.1, -0.05) is 12.8 Å². The van der Waals surface area contributed by atoms with Crippen LogP contribution in [0, 0.1) is 0 Å². The highest BCUT2D eigenvalue weighted by Gasteiger charge is 2.15. The van der Waals surface area contributed by atoms with Gasteiger partial charge in [0.15, 0.2) is 0 Å². The van der Waals surface area contributed by atoms with Gasteiger partial charge < -0.3 is 15.3 Å². The number of likely N-dealkylation sites (tertiary alicyclic amines) is 1. The molecule has 1 aromatic heterocycles. The number of amides is 2. The van der Waals surface area contributed by atoms with E-state index in [4.69, 9.17) is 5.11 Å². The first-order valence-electron chi connectivity index (χ1n) is 7.17. The number of carboxylic acid groups (broad SMARTS) is 1. The Balaban J connectivity index is 1.89. The first kappa shape index (κ1) is 15.6. The van der Waals surface area contributed by atoms with Crippen LogP contribution in [0.1, 0.15) is 36.1 Å². The molecule has 21 heavy (non-hydrogen) atoms. The van der Waals surface area contributed by atoms with E-state index >= 15 is 0 Å². The molecule has 0 spiro atoms. The monoisotopic (exact) mass is 308 g/mol. The van der Waals surface area contributed by atoms with Gasteiger partial charge in [-0.3, -0.25) is 0 Å². The highest BCUT2D eigenvalue weighted by atomic mass is 32.1. The minimum absolute atomic E-state index is 0.0292. The molecule has 1 aliphatic rings. The number of hydrogen-bond acceptors (Lipinski definition) is 3. The maximum Gasteiger partial charge on any atom is 0.328 e. The van der Waals surface area contributed by atoms with E-state index in [-0.39, 0.29) is 6.03 Å². The lowest BCUT2D eigenvalue weighted by Gasteiger charge is -2.20. The van der Waals surface area contributed by atoms with Crippen molar-refractivity contribution in [3.8, 4) is 0 Å². The Morgan fingerprint density at radius 2 is 2.00 bits per heavy atom. The Bertz CT molecular complexity index is 517. The predicted molar refractivity (Wildman–Crippen MR) is 83.3 cm³/mol. The Kier molecular flexibility index (Phi) is 5.80. The second kappa shape index (κ2) is 7.83. The SMILES string of the molecule is O=C(O)/C=C/c1ccsc1CNC(=O)N1CCCCCC1. The number of nitrogens with zero attached hydrogens (tertiary/aromatic N) is 1. The number of carbonyl (C=O) groups is 2. The largest absolute Gasteiger partial charge is 0.478 e. The normalized spacial score (nSPS) is 15.9. The summed E-state index contributed by atoms with van der Waals surface area (Å²) in [4.78, 5) is 25.5. The lowest BCUT2D eigenvalue weighted by atomic mass is 10.2. The first-order chi connectivity index (χ1) is 10.2. The van der Waals surface area contributed by atoms with Crippen molar-refractivity contribution in [2.45, 2.75) is 32.2 Å². The lowest BCUT2D eigenvalue weighted by Crippen LogP contribution is -2.40. The van der Waals surface area contributed by atoms with Crippen LogP contribution in [0.3, 0.4) is 0 Å². The highest BCUT2D eigenvalue weighted by molar-refractivity contribution is 7.10. The van der Waals surface area contributed by atoms with Crippen LogP contribution in [-0.2, 0) is 11.3 Å². The maximum absolute atomic E-state index is 12.1. The molecule has 0 bridgehead atoms. The van der Waals surface area contributed by atoms with Gasteiger partial charge in [0.05, 0.1) is 6.54 Å². The predicted octanol–water partition coefficient (Wildman–Crippen LogP) is 2.93. The van der Waals surface area contributed by atoms with E-state index in [1.54, 1.807) is 6.08 Å². The zero-order chi connectivity index (χ0) is 15.1. The fourth-order valence-electron chi connectivity index (χ4n) is 2.35. The van der Waals surface area contributed by atoms with E-state index in [1.807, 2.05) is 16.3 Å². The summed E-state index contributed by atoms with van der Waals surface area (Å²) in [6.07, 6.45) is 7.20. The van der Waals surface area contributed by atoms with Crippen molar-refractivity contribution in [3.05, 3.63) is 28.0 Å². The van der Waals surface area contributed by atoms with Crippen LogP contribution in [0.4, 0.5) is 4.79 Å². The van der Waals surface area contributed by atoms with Gasteiger partial charge >= 0.3 is 12.0 Å². The van der Waals surface area contributed by atoms with Crippen LogP contribution < -0.4 is 5.32 Å². The highest BCUT2D eigenvalue weighted by Crippen LogP contribution is 2.18. The van der Waals surface area contributed by atoms with Crippen molar-refractivity contribution >= 4 is 29.4 Å². The Hall–Kier alpha value is -1.82. The van der Waals surface area contributed by atoms with Gasteiger partial charge in [0.1, 0.15) is 0 Å². The number of carboxylic acids is 1. The second-order valence-electron chi connectivity index (χ2n) is 5.03. The number of thiophene rings is 1. The molecule has 6 heteroatoms. The van der Waals surface area contributed by atoms with Crippen molar-refractivity contribution in [1.82, 2.24) is 10.2 Å². The van der Waals surface area contributed by atoms with E-state index in [9.17, 15) is 9.59 Å². The van der Waals surface area contributed by atoms with Crippen LogP contribution >= 0.6 is 11.3 Å². The molecule has 0 unspecified atom stereocenters. The zero-order valence-electron chi connectivity index (χ0n) is 11.9. The molecule has 114 valence electrons. The van der Waals surface area contributed by atoms with E-state index in [0.29, 0.717) is 6.54 Å². The molecule has 1 aromatic rings. The van der Waals surface area contributed by atoms with Crippen molar-refractivity contribution in [2.24, 2.45) is 0 Å². The van der Waals surface area contributed by atoms with Gasteiger partial charge in [0.2, 0.25) is 0 Å². The molecule has 2 amide bonds. The summed E-state index contributed by atoms with van der Waals surface area (Å²) in [6.45, 7) is 2.08. The molecule has 5 nitrogen and oxygen atoms in total. The fraction of sp³-hybridized carbons (Fsp3) is 0.467. The third-order valence-electron chi connectivity index (χ3n) is 3.48. The van der Waals surface area contributed by atoms with Crippen LogP contribution in [-0.4, -0.2) is 35.1 Å². The standard InChI is InChI=1S/C15H20N2O3S/c18-14(19)6-5-12-7-10-21-13(12)11-16-15(20)17-8-3-1-2-4-9-17/h5-7,10H,1-4,8-9,11H2,(H,16,20)(H,18,19)/b6-5+. The molecule has 2 heterocycles. The summed E-state index contributed by atoms with van der Waals surface area (Å²) in [7, 11) is 0. The van der Waals surface area contributed by atoms with Crippen molar-refractivity contribution < 1.29 is 14.7 Å². The van der Waals surface area contributed by atoms with Gasteiger partial charge in [0.25, 0.3) is 0 Å². The Morgan fingerprint density at radius 1 is 1.29 bits per heavy atom. The minimum atomic E-state index is -0.972. The lowest BCUT2D eigenvalue weighted by molar-refractivity contribution is -0.131. The number of hydrogen-bond donors (Lipinski definition) is 2. The summed E-state index contributed by atoms with van der Waals surface area (Å²) in [5.41, 5.74) is 0.846. The van der Waals surface area contributed by atoms with Gasteiger partial charge in [-0.15, -0.1) is 11.3 Å². The van der Waals surface area contributed by atoms with Crippen molar-refractivity contribution in [1.29, 1.82) is 0 Å². The van der Waals surface area contributed by atoms with E-state index in [2.05, 4.69) is 5.32 Å². The van der Waals surface area contributed by atoms with Gasteiger partial charge in [-0.05, 0) is 35.9 Å². The molecule has 0 aliphatic carbocycles. The average Bonchev–Trinajstić information content (AvgIpc) is 2.72. The molecule has 2 rings (SSSR count). The summed E-state index contributed by atoms with van der Waals surface area (Å²) >= 11 is 1.52. The molecule has 0 radical (unpaired) electrons. The molecule has 0 saturated carbocycles. The molecule has 2 N–H and O–H groups in total. The van der Waals surface area contributed by atoms with Crippen LogP contribution in [0.2, 0.25) is 0 Å². The third-order valence-corrected chi connectivity index (χ3v) is 4.42. The quantitative estimate of drug-likeness (QED) is 0.840. The topological polar surface area (TPSA) is 69.6 Å². The van der Waals surface area contributed by atoms with Crippen LogP contribution in [0.25, 0.3) is 6.08 Å². The van der Waals surface area contributed by atoms with Crippen LogP contribution in [0.5, 0.6) is 0 Å². The molecule has 1 saturated heterocycles. The van der Waals surface area contributed by atoms with E-state index < -0.39 is 5.97 Å². The van der Waals surface area contributed by atoms with Gasteiger partial charge in [0, 0.05) is 24.0 Å².